The number of ketones is 2. The molecule has 2 heteroatoms. The van der Waals surface area contributed by atoms with E-state index in [2.05, 4.69) is 6.92 Å². The van der Waals surface area contributed by atoms with Crippen LogP contribution in [0.1, 0.15) is 43.0 Å². The summed E-state index contributed by atoms with van der Waals surface area (Å²) < 4.78 is 0. The largest absolute Gasteiger partial charge is 0.299 e. The van der Waals surface area contributed by atoms with E-state index in [9.17, 15) is 9.59 Å². The SMILES string of the molecule is CC/C=C/CCC(=O)CC(=O)c1ccccc1. The quantitative estimate of drug-likeness (QED) is 0.407. The van der Waals surface area contributed by atoms with Crippen molar-refractivity contribution < 1.29 is 9.59 Å². The fraction of sp³-hybridized carbons (Fsp3) is 0.333. The molecule has 0 N–H and O–H groups in total. The predicted molar refractivity (Wildman–Crippen MR) is 69.1 cm³/mol. The van der Waals surface area contributed by atoms with Gasteiger partial charge in [-0.15, -0.1) is 0 Å². The second-order valence-corrected chi connectivity index (χ2v) is 3.92. The molecule has 0 amide bonds. The molecule has 2 nitrogen and oxygen atoms in total. The van der Waals surface area contributed by atoms with Crippen LogP contribution in [0.3, 0.4) is 0 Å². The van der Waals surface area contributed by atoms with E-state index in [-0.39, 0.29) is 18.0 Å². The molecule has 1 rings (SSSR count). The molecule has 0 radical (unpaired) electrons. The van der Waals surface area contributed by atoms with Crippen LogP contribution in [0.5, 0.6) is 0 Å². The molecule has 0 unspecified atom stereocenters. The molecule has 0 heterocycles. The first-order chi connectivity index (χ1) is 8.24. The molecule has 0 aliphatic heterocycles. The van der Waals surface area contributed by atoms with Crippen molar-refractivity contribution in [2.75, 3.05) is 0 Å². The van der Waals surface area contributed by atoms with Gasteiger partial charge in [0.1, 0.15) is 5.78 Å². The van der Waals surface area contributed by atoms with Crippen molar-refractivity contribution in [3.63, 3.8) is 0 Å². The van der Waals surface area contributed by atoms with Crippen molar-refractivity contribution in [1.82, 2.24) is 0 Å². The minimum atomic E-state index is -0.0879. The van der Waals surface area contributed by atoms with Crippen LogP contribution in [0, 0.1) is 0 Å². The summed E-state index contributed by atoms with van der Waals surface area (Å²) in [6.07, 6.45) is 6.21. The number of carbonyl (C=O) groups is 2. The number of hydrogen-bond donors (Lipinski definition) is 0. The number of carbonyl (C=O) groups excluding carboxylic acids is 2. The minimum Gasteiger partial charge on any atom is -0.299 e. The molecule has 0 aliphatic carbocycles. The van der Waals surface area contributed by atoms with Crippen LogP contribution in [0.2, 0.25) is 0 Å². The summed E-state index contributed by atoms with van der Waals surface area (Å²) in [5.74, 6) is -0.0744. The van der Waals surface area contributed by atoms with E-state index >= 15 is 0 Å². The summed E-state index contributed by atoms with van der Waals surface area (Å²) in [6, 6.07) is 8.96. The Hall–Kier alpha value is -1.70. The van der Waals surface area contributed by atoms with Crippen LogP contribution in [0.4, 0.5) is 0 Å². The lowest BCUT2D eigenvalue weighted by Crippen LogP contribution is -2.07. The van der Waals surface area contributed by atoms with Crippen molar-refractivity contribution in [3.8, 4) is 0 Å². The highest BCUT2D eigenvalue weighted by atomic mass is 16.1. The molecule has 0 saturated carbocycles. The third kappa shape index (κ3) is 5.25. The van der Waals surface area contributed by atoms with E-state index in [4.69, 9.17) is 0 Å². The summed E-state index contributed by atoms with van der Waals surface area (Å²) in [7, 11) is 0. The number of Topliss-reactive ketones (excluding diaryl/α,β-unsaturated/α-hetero) is 2. The summed E-state index contributed by atoms with van der Waals surface area (Å²) in [4.78, 5) is 23.2. The summed E-state index contributed by atoms with van der Waals surface area (Å²) in [6.45, 7) is 2.05. The van der Waals surface area contributed by atoms with E-state index in [1.54, 1.807) is 12.1 Å². The molecule has 1 aromatic carbocycles. The predicted octanol–water partition coefficient (Wildman–Crippen LogP) is 3.57. The molecule has 17 heavy (non-hydrogen) atoms. The average Bonchev–Trinajstić information content (AvgIpc) is 2.36. The van der Waals surface area contributed by atoms with Crippen molar-refractivity contribution in [2.24, 2.45) is 0 Å². The first-order valence-corrected chi connectivity index (χ1v) is 5.99. The fourth-order valence-electron chi connectivity index (χ4n) is 1.52. The maximum absolute atomic E-state index is 11.7. The summed E-state index contributed by atoms with van der Waals surface area (Å²) in [5, 5.41) is 0. The van der Waals surface area contributed by atoms with Crippen molar-refractivity contribution in [1.29, 1.82) is 0 Å². The Kier molecular flexibility index (Phi) is 5.94. The highest BCUT2D eigenvalue weighted by Crippen LogP contribution is 2.06. The van der Waals surface area contributed by atoms with Crippen molar-refractivity contribution in [3.05, 3.63) is 48.0 Å². The standard InChI is InChI=1S/C15H18O2/c1-2-3-4-8-11-14(16)12-15(17)13-9-6-5-7-10-13/h3-7,9-10H,2,8,11-12H2,1H3/b4-3+. The molecular formula is C15H18O2. The first kappa shape index (κ1) is 13.4. The molecule has 0 aromatic heterocycles. The topological polar surface area (TPSA) is 34.1 Å². The molecule has 0 aliphatic rings. The maximum atomic E-state index is 11.7. The molecule has 90 valence electrons. The Morgan fingerprint density at radius 3 is 2.47 bits per heavy atom. The van der Waals surface area contributed by atoms with Gasteiger partial charge in [0.2, 0.25) is 0 Å². The van der Waals surface area contributed by atoms with E-state index in [0.717, 1.165) is 12.8 Å². The Bertz CT molecular complexity index is 391. The van der Waals surface area contributed by atoms with Crippen LogP contribution in [0.25, 0.3) is 0 Å². The highest BCUT2D eigenvalue weighted by molar-refractivity contribution is 6.07. The monoisotopic (exact) mass is 230 g/mol. The number of benzene rings is 1. The van der Waals surface area contributed by atoms with Crippen molar-refractivity contribution in [2.45, 2.75) is 32.6 Å². The zero-order valence-corrected chi connectivity index (χ0v) is 10.2. The molecule has 0 spiro atoms. The summed E-state index contributed by atoms with van der Waals surface area (Å²) >= 11 is 0. The summed E-state index contributed by atoms with van der Waals surface area (Å²) in [5.41, 5.74) is 0.616. The lowest BCUT2D eigenvalue weighted by atomic mass is 10.0. The van der Waals surface area contributed by atoms with Gasteiger partial charge in [-0.2, -0.15) is 0 Å². The maximum Gasteiger partial charge on any atom is 0.170 e. The average molecular weight is 230 g/mol. The van der Waals surface area contributed by atoms with E-state index in [1.807, 2.05) is 30.4 Å². The number of allylic oxidation sites excluding steroid dienone is 2. The third-order valence-electron chi connectivity index (χ3n) is 2.45. The van der Waals surface area contributed by atoms with Gasteiger partial charge in [0, 0.05) is 12.0 Å². The smallest absolute Gasteiger partial charge is 0.170 e. The zero-order valence-electron chi connectivity index (χ0n) is 10.2. The van der Waals surface area contributed by atoms with Crippen LogP contribution in [0.15, 0.2) is 42.5 Å². The van der Waals surface area contributed by atoms with Gasteiger partial charge in [0.05, 0.1) is 6.42 Å². The number of rotatable bonds is 7. The van der Waals surface area contributed by atoms with E-state index < -0.39 is 0 Å². The second-order valence-electron chi connectivity index (χ2n) is 3.92. The van der Waals surface area contributed by atoms with Gasteiger partial charge in [-0.05, 0) is 12.8 Å². The molecule has 0 saturated heterocycles. The fourth-order valence-corrected chi connectivity index (χ4v) is 1.52. The number of hydrogen-bond acceptors (Lipinski definition) is 2. The van der Waals surface area contributed by atoms with Gasteiger partial charge >= 0.3 is 0 Å². The van der Waals surface area contributed by atoms with E-state index in [1.165, 1.54) is 0 Å². The normalized spacial score (nSPS) is 10.6. The van der Waals surface area contributed by atoms with Crippen LogP contribution < -0.4 is 0 Å². The van der Waals surface area contributed by atoms with Crippen molar-refractivity contribution >= 4 is 11.6 Å². The third-order valence-corrected chi connectivity index (χ3v) is 2.45. The van der Waals surface area contributed by atoms with Gasteiger partial charge in [-0.1, -0.05) is 49.4 Å². The van der Waals surface area contributed by atoms with Gasteiger partial charge in [0.15, 0.2) is 5.78 Å². The highest BCUT2D eigenvalue weighted by Gasteiger charge is 2.10. The molecule has 0 bridgehead atoms. The lowest BCUT2D eigenvalue weighted by molar-refractivity contribution is -0.118. The van der Waals surface area contributed by atoms with Crippen LogP contribution in [-0.4, -0.2) is 11.6 Å². The Labute approximate surface area is 102 Å². The Balaban J connectivity index is 2.36. The first-order valence-electron chi connectivity index (χ1n) is 5.99. The molecule has 1 aromatic rings. The molecule has 0 atom stereocenters. The molecule has 0 fully saturated rings. The van der Waals surface area contributed by atoms with E-state index in [0.29, 0.717) is 12.0 Å². The second kappa shape index (κ2) is 7.55. The minimum absolute atomic E-state index is 0.0135. The Morgan fingerprint density at radius 1 is 1.12 bits per heavy atom. The molecular weight excluding hydrogens is 212 g/mol. The van der Waals surface area contributed by atoms with Gasteiger partial charge in [-0.3, -0.25) is 9.59 Å². The zero-order chi connectivity index (χ0) is 12.5. The van der Waals surface area contributed by atoms with Gasteiger partial charge in [0.25, 0.3) is 0 Å². The van der Waals surface area contributed by atoms with Gasteiger partial charge in [-0.25, -0.2) is 0 Å². The van der Waals surface area contributed by atoms with Gasteiger partial charge < -0.3 is 0 Å². The van der Waals surface area contributed by atoms with Crippen LogP contribution >= 0.6 is 0 Å². The lowest BCUT2D eigenvalue weighted by Gasteiger charge is -1.99. The Morgan fingerprint density at radius 2 is 1.82 bits per heavy atom. The van der Waals surface area contributed by atoms with Crippen LogP contribution in [-0.2, 0) is 4.79 Å².